The minimum Gasteiger partial charge on any atom is -0.461 e. The predicted molar refractivity (Wildman–Crippen MR) is 495 cm³/mol. The van der Waals surface area contributed by atoms with Gasteiger partial charge in [0.1, 0.15) is 6.61 Å². The number of benzene rings is 8. The number of aliphatic hydroxyl groups excluding tert-OH is 3. The van der Waals surface area contributed by atoms with E-state index in [-0.39, 0.29) is 73.2 Å². The van der Waals surface area contributed by atoms with E-state index in [0.29, 0.717) is 57.7 Å². The van der Waals surface area contributed by atoms with Crippen LogP contribution in [0.25, 0.3) is 0 Å². The van der Waals surface area contributed by atoms with Crippen molar-refractivity contribution in [1.29, 1.82) is 0 Å². The van der Waals surface area contributed by atoms with Crippen molar-refractivity contribution in [2.24, 2.45) is 20.0 Å². The number of ether oxygens (including phenoxy) is 5. The molecule has 0 aliphatic carbocycles. The molecular formula is C96H123Cl5N10O8. The number of hydrogen-bond acceptors (Lipinski definition) is 18. The van der Waals surface area contributed by atoms with E-state index in [2.05, 4.69) is 310 Å². The number of halogens is 5. The van der Waals surface area contributed by atoms with Gasteiger partial charge in [-0.1, -0.05) is 264 Å². The summed E-state index contributed by atoms with van der Waals surface area (Å²) in [6.45, 7) is 31.0. The Balaban J connectivity index is 0.000000307. The molecule has 3 saturated heterocycles. The highest BCUT2D eigenvalue weighted by Crippen LogP contribution is 2.22. The molecule has 0 spiro atoms. The summed E-state index contributed by atoms with van der Waals surface area (Å²) in [7, 11) is 0. The molecule has 4 unspecified atom stereocenters. The summed E-state index contributed by atoms with van der Waals surface area (Å²) in [6.07, 6.45) is 9.82. The van der Waals surface area contributed by atoms with Crippen LogP contribution >= 0.6 is 58.0 Å². The van der Waals surface area contributed by atoms with Crippen LogP contribution in [0, 0.1) is 0 Å². The second-order valence-corrected chi connectivity index (χ2v) is 28.9. The zero-order valence-electron chi connectivity index (χ0n) is 69.7. The molecule has 3 N–H and O–H groups in total. The number of aliphatic hydroxyl groups is 3. The fourth-order valence-electron chi connectivity index (χ4n) is 10.6. The Hall–Kier alpha value is -8.57. The van der Waals surface area contributed by atoms with E-state index in [1.165, 1.54) is 44.5 Å². The van der Waals surface area contributed by atoms with E-state index in [1.807, 2.05) is 6.92 Å². The fourth-order valence-corrected chi connectivity index (χ4v) is 11.6. The van der Waals surface area contributed by atoms with Crippen LogP contribution in [0.3, 0.4) is 0 Å². The number of epoxide rings is 3. The second-order valence-electron chi connectivity index (χ2n) is 27.2. The average Bonchev–Trinajstić information content (AvgIpc) is 1.83. The standard InChI is InChI=1S/C22H22Cl2N4O.C22H29NO2.2C19H23NO.C3Cl3N3.3C3H6O.2CH4/c1-3-15-5-9-17(10-6-15)19(18-11-7-16(4-2)8-12-18)25-13-14-29-22-27-20(23)26-21(24)28-22;1-4-18-6-10-20(11-7-18)22(23-14-15-25-17(3)16-24)21-12-8-19(5-2)9-13-21;2*1-3-15-5-9-17(10-6-15)19(20-13-14-21)18-11-7-16(4-2)8-12-18;4-1-7-2(5)9-3(6)8-1;3*1-3-2-4-3;;/h5-12H,3-4,13-14H2,1-2H3;6-13,17,24H,4-5,14-16H2,1-3H3;2*5-12,21H,3-4,13-14H2,1-2H3;;3*3H,2H2,1H3;2*1H4. The van der Waals surface area contributed by atoms with Crippen LogP contribution in [-0.2, 0) is 70.3 Å². The molecule has 2 aromatic heterocycles. The first kappa shape index (κ1) is 103. The van der Waals surface area contributed by atoms with Gasteiger partial charge in [-0.05, 0) is 182 Å². The third kappa shape index (κ3) is 40.6. The molecule has 8 aromatic carbocycles. The number of aliphatic imine (C=N–C) groups is 4. The van der Waals surface area contributed by atoms with E-state index >= 15 is 0 Å². The summed E-state index contributed by atoms with van der Waals surface area (Å²) in [4.78, 5) is 40.6. The Bertz CT molecular complexity index is 4170. The summed E-state index contributed by atoms with van der Waals surface area (Å²) in [5, 5.41) is 27.2. The first-order chi connectivity index (χ1) is 56.7. The van der Waals surface area contributed by atoms with Crippen LogP contribution in [0.1, 0.15) is 187 Å². The van der Waals surface area contributed by atoms with Gasteiger partial charge in [0.25, 0.3) is 0 Å². The Morgan fingerprint density at radius 3 is 0.672 bits per heavy atom. The molecule has 23 heteroatoms. The first-order valence-electron chi connectivity index (χ1n) is 40.3. The Morgan fingerprint density at radius 2 is 0.504 bits per heavy atom. The van der Waals surface area contributed by atoms with Gasteiger partial charge in [-0.3, -0.25) is 20.0 Å². The van der Waals surface area contributed by atoms with Gasteiger partial charge in [0.15, 0.2) is 0 Å². The molecule has 10 aromatic rings. The van der Waals surface area contributed by atoms with Crippen LogP contribution in [0.15, 0.2) is 214 Å². The molecule has 13 rings (SSSR count). The van der Waals surface area contributed by atoms with Crippen molar-refractivity contribution in [3.8, 4) is 6.01 Å². The SMILES string of the molecule is C.C.CC1CO1.CC1CO1.CC1CO1.CCc1ccc(C(=NCCO)c2ccc(CC)cc2)cc1.CCc1ccc(C(=NCCO)c2ccc(CC)cc2)cc1.CCc1ccc(C(=NCCOC(C)CO)c2ccc(CC)cc2)cc1.CCc1ccc(C(=NCCOc2nc(Cl)nc(Cl)n2)c2ccc(CC)cc2)cc1.Clc1nc(Cl)nc(Cl)n1. The fraction of sp³-hybridized carbons (Fsp3) is 0.396. The van der Waals surface area contributed by atoms with Gasteiger partial charge in [0.05, 0.1) is 120 Å². The maximum atomic E-state index is 9.07. The smallest absolute Gasteiger partial charge is 0.322 e. The second kappa shape index (κ2) is 58.4. The zero-order valence-corrected chi connectivity index (χ0v) is 73.5. The minimum absolute atomic E-state index is 0. The zero-order chi connectivity index (χ0) is 84.7. The lowest BCUT2D eigenvalue weighted by Crippen LogP contribution is -2.15. The maximum Gasteiger partial charge on any atom is 0.322 e. The van der Waals surface area contributed by atoms with Crippen LogP contribution in [-0.4, -0.2) is 172 Å². The molecule has 0 bridgehead atoms. The van der Waals surface area contributed by atoms with Gasteiger partial charge in [0.2, 0.25) is 26.4 Å². The van der Waals surface area contributed by atoms with E-state index in [0.717, 1.165) is 139 Å². The Labute approximate surface area is 733 Å². The van der Waals surface area contributed by atoms with Crippen LogP contribution < -0.4 is 4.74 Å². The van der Waals surface area contributed by atoms with Crippen molar-refractivity contribution in [2.75, 3.05) is 79.0 Å². The van der Waals surface area contributed by atoms with Crippen molar-refractivity contribution >= 4 is 80.9 Å². The number of aromatic nitrogens is 6. The quantitative estimate of drug-likeness (QED) is 0.0224. The highest BCUT2D eigenvalue weighted by Gasteiger charge is 2.16. The summed E-state index contributed by atoms with van der Waals surface area (Å²) in [5.74, 6) is 0. The normalized spacial score (nSPS) is 13.5. The predicted octanol–water partition coefficient (Wildman–Crippen LogP) is 20.9. The third-order valence-corrected chi connectivity index (χ3v) is 18.9. The van der Waals surface area contributed by atoms with Gasteiger partial charge in [-0.25, -0.2) is 0 Å². The number of rotatable bonds is 29. The molecule has 0 amide bonds. The van der Waals surface area contributed by atoms with Gasteiger partial charge in [-0.2, -0.15) is 29.9 Å². The number of aryl methyl sites for hydroxylation is 8. The summed E-state index contributed by atoms with van der Waals surface area (Å²) < 4.78 is 25.2. The molecule has 4 atom stereocenters. The lowest BCUT2D eigenvalue weighted by molar-refractivity contribution is 0.0296. The molecule has 0 radical (unpaired) electrons. The minimum atomic E-state index is -0.147. The Morgan fingerprint density at radius 1 is 0.328 bits per heavy atom. The molecule has 18 nitrogen and oxygen atoms in total. The summed E-state index contributed by atoms with van der Waals surface area (Å²) >= 11 is 27.5. The molecule has 5 heterocycles. The van der Waals surface area contributed by atoms with E-state index in [4.69, 9.17) is 107 Å². The maximum absolute atomic E-state index is 9.07. The van der Waals surface area contributed by atoms with Crippen molar-refractivity contribution in [1.82, 2.24) is 29.9 Å². The van der Waals surface area contributed by atoms with Gasteiger partial charge in [-0.15, -0.1) is 0 Å². The van der Waals surface area contributed by atoms with E-state index < -0.39 is 0 Å². The number of nitrogens with zero attached hydrogens (tertiary/aromatic N) is 10. The Kier molecular flexibility index (Phi) is 50.4. The van der Waals surface area contributed by atoms with Crippen molar-refractivity contribution < 1.29 is 39.0 Å². The third-order valence-electron chi connectivity index (χ3n) is 18.1. The highest BCUT2D eigenvalue weighted by molar-refractivity contribution is 6.33. The van der Waals surface area contributed by atoms with Crippen molar-refractivity contribution in [2.45, 2.75) is 174 Å². The lowest BCUT2D eigenvalue weighted by atomic mass is 9.99. The van der Waals surface area contributed by atoms with Crippen LogP contribution in [0.4, 0.5) is 0 Å². The van der Waals surface area contributed by atoms with Gasteiger partial charge < -0.3 is 39.0 Å². The summed E-state index contributed by atoms with van der Waals surface area (Å²) in [5.41, 5.74) is 23.1. The molecule has 0 saturated carbocycles. The molecule has 640 valence electrons. The molecular weight excluding hydrogens is 1600 g/mol. The van der Waals surface area contributed by atoms with Crippen LogP contribution in [0.2, 0.25) is 26.4 Å². The van der Waals surface area contributed by atoms with Crippen molar-refractivity contribution in [3.05, 3.63) is 310 Å². The first-order valence-corrected chi connectivity index (χ1v) is 42.2. The topological polar surface area (TPSA) is 244 Å². The van der Waals surface area contributed by atoms with Crippen LogP contribution in [0.5, 0.6) is 6.01 Å². The van der Waals surface area contributed by atoms with E-state index in [1.54, 1.807) is 0 Å². The highest BCUT2D eigenvalue weighted by atomic mass is 35.5. The van der Waals surface area contributed by atoms with Gasteiger partial charge in [0, 0.05) is 44.5 Å². The summed E-state index contributed by atoms with van der Waals surface area (Å²) in [6, 6.07) is 68.3. The average molecular weight is 1720 g/mol. The van der Waals surface area contributed by atoms with Gasteiger partial charge >= 0.3 is 6.01 Å². The van der Waals surface area contributed by atoms with E-state index in [9.17, 15) is 0 Å². The molecule has 3 aliphatic heterocycles. The largest absolute Gasteiger partial charge is 0.461 e. The number of hydrogen-bond donors (Lipinski definition) is 3. The molecule has 3 fully saturated rings. The molecule has 3 aliphatic rings. The lowest BCUT2D eigenvalue weighted by Gasteiger charge is -2.11. The molecule has 119 heavy (non-hydrogen) atoms. The monoisotopic (exact) mass is 1720 g/mol. The van der Waals surface area contributed by atoms with Crippen molar-refractivity contribution in [3.63, 3.8) is 0 Å².